The maximum absolute atomic E-state index is 13.3. The summed E-state index contributed by atoms with van der Waals surface area (Å²) in [6, 6.07) is 16.1. The van der Waals surface area contributed by atoms with Crippen molar-refractivity contribution in [2.24, 2.45) is 0 Å². The molecule has 4 amide bonds. The van der Waals surface area contributed by atoms with Crippen molar-refractivity contribution in [1.82, 2.24) is 10.2 Å². The van der Waals surface area contributed by atoms with Gasteiger partial charge in [0.25, 0.3) is 5.91 Å². The first-order valence-corrected chi connectivity index (χ1v) is 10.6. The van der Waals surface area contributed by atoms with Crippen molar-refractivity contribution in [3.63, 3.8) is 0 Å². The Kier molecular flexibility index (Phi) is 5.64. The first-order valence-electron chi connectivity index (χ1n) is 10.6. The number of fused-ring (bicyclic) bond motifs is 1. The lowest BCUT2D eigenvalue weighted by atomic mass is 9.99. The average molecular weight is 444 g/mol. The van der Waals surface area contributed by atoms with Crippen LogP contribution in [0.25, 0.3) is 11.0 Å². The summed E-state index contributed by atoms with van der Waals surface area (Å²) in [6.45, 7) is 5.10. The Morgan fingerprint density at radius 1 is 1.15 bits per heavy atom. The molecule has 168 valence electrons. The van der Waals surface area contributed by atoms with Crippen molar-refractivity contribution in [2.45, 2.75) is 32.7 Å². The normalized spacial score (nSPS) is 17.8. The Balaban J connectivity index is 1.60. The molecule has 0 radical (unpaired) electrons. The molecular formula is C25H24N4O4. The number of urea groups is 1. The summed E-state index contributed by atoms with van der Waals surface area (Å²) in [4.78, 5) is 41.6. The molecule has 2 aromatic carbocycles. The minimum absolute atomic E-state index is 0.121. The molecule has 1 atom stereocenters. The third-order valence-corrected chi connectivity index (χ3v) is 5.75. The highest BCUT2D eigenvalue weighted by Crippen LogP contribution is 2.33. The van der Waals surface area contributed by atoms with Crippen LogP contribution in [0, 0.1) is 25.2 Å². The number of hydrogen-bond donors (Lipinski definition) is 1. The number of para-hydroxylation sites is 1. The molecule has 0 aliphatic carbocycles. The number of amides is 4. The van der Waals surface area contributed by atoms with Crippen molar-refractivity contribution in [2.75, 3.05) is 18.0 Å². The molecule has 1 aromatic heterocycles. The second kappa shape index (κ2) is 8.43. The van der Waals surface area contributed by atoms with Crippen LogP contribution in [0.15, 0.2) is 52.9 Å². The van der Waals surface area contributed by atoms with Crippen molar-refractivity contribution >= 4 is 34.5 Å². The number of nitriles is 1. The highest BCUT2D eigenvalue weighted by atomic mass is 16.3. The molecule has 0 bridgehead atoms. The SMILES string of the molecule is Cc1cc(C)cc(N(CCC#N)C(=O)CN2C(=O)NC(C)(c3cc4ccccc4o3)C2=O)c1. The fourth-order valence-electron chi connectivity index (χ4n) is 4.12. The van der Waals surface area contributed by atoms with E-state index >= 15 is 0 Å². The summed E-state index contributed by atoms with van der Waals surface area (Å²) >= 11 is 0. The number of carbonyl (C=O) groups excluding carboxylic acids is 3. The van der Waals surface area contributed by atoms with Crippen LogP contribution in [-0.2, 0) is 15.1 Å². The average Bonchev–Trinajstić information content (AvgIpc) is 3.29. The molecule has 8 heteroatoms. The molecule has 1 aliphatic rings. The highest BCUT2D eigenvalue weighted by Gasteiger charge is 2.52. The van der Waals surface area contributed by atoms with Crippen molar-refractivity contribution in [3.05, 3.63) is 65.4 Å². The number of nitrogens with zero attached hydrogens (tertiary/aromatic N) is 3. The Bertz CT molecular complexity index is 1250. The van der Waals surface area contributed by atoms with Gasteiger partial charge in [0.15, 0.2) is 5.54 Å². The van der Waals surface area contributed by atoms with Gasteiger partial charge in [0, 0.05) is 17.6 Å². The quantitative estimate of drug-likeness (QED) is 0.583. The number of rotatable bonds is 6. The van der Waals surface area contributed by atoms with Gasteiger partial charge in [-0.1, -0.05) is 24.3 Å². The number of nitrogens with one attached hydrogen (secondary N) is 1. The molecule has 0 saturated carbocycles. The number of furan rings is 1. The van der Waals surface area contributed by atoms with Gasteiger partial charge in [-0.05, 0) is 56.2 Å². The fourth-order valence-corrected chi connectivity index (χ4v) is 4.12. The van der Waals surface area contributed by atoms with Gasteiger partial charge >= 0.3 is 6.03 Å². The summed E-state index contributed by atoms with van der Waals surface area (Å²) in [7, 11) is 0. The van der Waals surface area contributed by atoms with E-state index in [2.05, 4.69) is 5.32 Å². The molecule has 1 aliphatic heterocycles. The van der Waals surface area contributed by atoms with E-state index in [9.17, 15) is 14.4 Å². The number of benzene rings is 2. The number of hydrogen-bond acceptors (Lipinski definition) is 5. The molecule has 2 heterocycles. The molecule has 3 aromatic rings. The van der Waals surface area contributed by atoms with Gasteiger partial charge in [0.05, 0.1) is 12.5 Å². The van der Waals surface area contributed by atoms with E-state index < -0.39 is 29.9 Å². The lowest BCUT2D eigenvalue weighted by molar-refractivity contribution is -0.134. The van der Waals surface area contributed by atoms with Crippen LogP contribution < -0.4 is 10.2 Å². The Hall–Kier alpha value is -4.12. The van der Waals surface area contributed by atoms with E-state index in [0.29, 0.717) is 17.0 Å². The van der Waals surface area contributed by atoms with E-state index in [0.717, 1.165) is 21.4 Å². The van der Waals surface area contributed by atoms with E-state index in [-0.39, 0.29) is 13.0 Å². The summed E-state index contributed by atoms with van der Waals surface area (Å²) < 4.78 is 5.83. The van der Waals surface area contributed by atoms with Crippen molar-refractivity contribution in [3.8, 4) is 6.07 Å². The Labute approximate surface area is 191 Å². The lowest BCUT2D eigenvalue weighted by Crippen LogP contribution is -2.45. The molecular weight excluding hydrogens is 420 g/mol. The molecule has 1 fully saturated rings. The van der Waals surface area contributed by atoms with Gasteiger partial charge in [-0.3, -0.25) is 14.5 Å². The van der Waals surface area contributed by atoms with Crippen LogP contribution in [0.2, 0.25) is 0 Å². The first kappa shape index (κ1) is 22.1. The fraction of sp³-hybridized carbons (Fsp3) is 0.280. The van der Waals surface area contributed by atoms with Gasteiger partial charge in [-0.15, -0.1) is 0 Å². The van der Waals surface area contributed by atoms with E-state index in [1.807, 2.05) is 56.3 Å². The van der Waals surface area contributed by atoms with Crippen molar-refractivity contribution < 1.29 is 18.8 Å². The highest BCUT2D eigenvalue weighted by molar-refractivity contribution is 6.10. The second-order valence-corrected chi connectivity index (χ2v) is 8.39. The topological polar surface area (TPSA) is 107 Å². The largest absolute Gasteiger partial charge is 0.458 e. The monoisotopic (exact) mass is 444 g/mol. The van der Waals surface area contributed by atoms with Crippen LogP contribution >= 0.6 is 0 Å². The van der Waals surface area contributed by atoms with Gasteiger partial charge in [-0.2, -0.15) is 5.26 Å². The Morgan fingerprint density at radius 3 is 2.52 bits per heavy atom. The molecule has 8 nitrogen and oxygen atoms in total. The number of imide groups is 1. The van der Waals surface area contributed by atoms with E-state index in [1.165, 1.54) is 4.90 Å². The zero-order valence-corrected chi connectivity index (χ0v) is 18.7. The zero-order valence-electron chi connectivity index (χ0n) is 18.7. The van der Waals surface area contributed by atoms with Crippen LogP contribution in [0.1, 0.15) is 30.2 Å². The van der Waals surface area contributed by atoms with E-state index in [1.54, 1.807) is 19.1 Å². The minimum Gasteiger partial charge on any atom is -0.458 e. The predicted molar refractivity (Wildman–Crippen MR) is 122 cm³/mol. The summed E-state index contributed by atoms with van der Waals surface area (Å²) in [5.41, 5.74) is 1.73. The lowest BCUT2D eigenvalue weighted by Gasteiger charge is -2.25. The maximum Gasteiger partial charge on any atom is 0.325 e. The minimum atomic E-state index is -1.42. The molecule has 1 N–H and O–H groups in total. The standard InChI is InChI=1S/C25H24N4O4/c1-16-11-17(2)13-19(12-16)28(10-6-9-26)22(30)15-29-23(31)25(3,27-24(29)32)21-14-18-7-4-5-8-20(18)33-21/h4-5,7-8,11-14H,6,10,15H2,1-3H3,(H,27,32). The summed E-state index contributed by atoms with van der Waals surface area (Å²) in [5, 5.41) is 12.5. The Morgan fingerprint density at radius 2 is 1.85 bits per heavy atom. The number of carbonyl (C=O) groups is 3. The van der Waals surface area contributed by atoms with Gasteiger partial charge < -0.3 is 14.6 Å². The molecule has 1 saturated heterocycles. The van der Waals surface area contributed by atoms with Crippen LogP contribution in [0.5, 0.6) is 0 Å². The molecule has 0 spiro atoms. The second-order valence-electron chi connectivity index (χ2n) is 8.39. The first-order chi connectivity index (χ1) is 15.7. The summed E-state index contributed by atoms with van der Waals surface area (Å²) in [6.07, 6.45) is 0.121. The van der Waals surface area contributed by atoms with Crippen molar-refractivity contribution in [1.29, 1.82) is 5.26 Å². The summed E-state index contributed by atoms with van der Waals surface area (Å²) in [5.74, 6) is -0.721. The van der Waals surface area contributed by atoms with Gasteiger partial charge in [0.1, 0.15) is 17.9 Å². The van der Waals surface area contributed by atoms with Crippen LogP contribution in [-0.4, -0.2) is 35.8 Å². The number of aryl methyl sites for hydroxylation is 2. The van der Waals surface area contributed by atoms with E-state index in [4.69, 9.17) is 9.68 Å². The third-order valence-electron chi connectivity index (χ3n) is 5.75. The zero-order chi connectivity index (χ0) is 23.8. The smallest absolute Gasteiger partial charge is 0.325 e. The third kappa shape index (κ3) is 4.05. The number of anilines is 1. The predicted octanol–water partition coefficient (Wildman–Crippen LogP) is 3.76. The maximum atomic E-state index is 13.3. The molecule has 33 heavy (non-hydrogen) atoms. The van der Waals surface area contributed by atoms with Gasteiger partial charge in [0.2, 0.25) is 5.91 Å². The van der Waals surface area contributed by atoms with Gasteiger partial charge in [-0.25, -0.2) is 4.79 Å². The molecule has 1 unspecified atom stereocenters. The molecule has 4 rings (SSSR count). The van der Waals surface area contributed by atoms with Crippen LogP contribution in [0.4, 0.5) is 10.5 Å². The van der Waals surface area contributed by atoms with Crippen LogP contribution in [0.3, 0.4) is 0 Å².